The highest BCUT2D eigenvalue weighted by Gasteiger charge is 1.95. The van der Waals surface area contributed by atoms with Gasteiger partial charge in [-0.3, -0.25) is 0 Å². The maximum absolute atomic E-state index is 5.59. The second-order valence-corrected chi connectivity index (χ2v) is 3.59. The SMILES string of the molecule is NCc1cccc(CNc2ccccn2)c1. The Labute approximate surface area is 95.3 Å². The molecular weight excluding hydrogens is 198 g/mol. The van der Waals surface area contributed by atoms with E-state index in [9.17, 15) is 0 Å². The van der Waals surface area contributed by atoms with E-state index in [1.54, 1.807) is 6.20 Å². The first-order chi connectivity index (χ1) is 7.88. The van der Waals surface area contributed by atoms with Gasteiger partial charge in [0.15, 0.2) is 0 Å². The molecule has 0 aliphatic heterocycles. The largest absolute Gasteiger partial charge is 0.366 e. The van der Waals surface area contributed by atoms with Crippen molar-refractivity contribution in [2.24, 2.45) is 5.73 Å². The molecule has 0 saturated carbocycles. The number of hydrogen-bond acceptors (Lipinski definition) is 3. The lowest BCUT2D eigenvalue weighted by atomic mass is 10.1. The van der Waals surface area contributed by atoms with E-state index in [2.05, 4.69) is 22.4 Å². The number of anilines is 1. The van der Waals surface area contributed by atoms with E-state index in [-0.39, 0.29) is 0 Å². The molecule has 0 saturated heterocycles. The quantitative estimate of drug-likeness (QED) is 0.818. The normalized spacial score (nSPS) is 10.1. The molecule has 1 heterocycles. The van der Waals surface area contributed by atoms with Crippen LogP contribution < -0.4 is 11.1 Å². The van der Waals surface area contributed by atoms with Crippen LogP contribution in [-0.4, -0.2) is 4.98 Å². The lowest BCUT2D eigenvalue weighted by molar-refractivity contribution is 1.04. The number of pyridine rings is 1. The fraction of sp³-hybridized carbons (Fsp3) is 0.154. The van der Waals surface area contributed by atoms with Gasteiger partial charge in [0.05, 0.1) is 0 Å². The predicted octanol–water partition coefficient (Wildman–Crippen LogP) is 2.15. The maximum atomic E-state index is 5.59. The highest BCUT2D eigenvalue weighted by Crippen LogP contribution is 2.07. The van der Waals surface area contributed by atoms with Crippen LogP contribution in [0.4, 0.5) is 5.82 Å². The van der Waals surface area contributed by atoms with Crippen LogP contribution in [0.1, 0.15) is 11.1 Å². The van der Waals surface area contributed by atoms with E-state index < -0.39 is 0 Å². The van der Waals surface area contributed by atoms with Crippen molar-refractivity contribution in [3.8, 4) is 0 Å². The summed E-state index contributed by atoms with van der Waals surface area (Å²) in [6.45, 7) is 1.35. The molecule has 3 N–H and O–H groups in total. The molecule has 0 spiro atoms. The van der Waals surface area contributed by atoms with Gasteiger partial charge in [-0.15, -0.1) is 0 Å². The summed E-state index contributed by atoms with van der Waals surface area (Å²) in [7, 11) is 0. The molecule has 0 aliphatic carbocycles. The first kappa shape index (κ1) is 10.6. The minimum Gasteiger partial charge on any atom is -0.366 e. The van der Waals surface area contributed by atoms with Crippen LogP contribution in [0.2, 0.25) is 0 Å². The number of aromatic nitrogens is 1. The molecule has 16 heavy (non-hydrogen) atoms. The number of hydrogen-bond donors (Lipinski definition) is 2. The van der Waals surface area contributed by atoms with Crippen molar-refractivity contribution >= 4 is 5.82 Å². The van der Waals surface area contributed by atoms with Gasteiger partial charge in [-0.1, -0.05) is 30.3 Å². The van der Waals surface area contributed by atoms with Gasteiger partial charge >= 0.3 is 0 Å². The summed E-state index contributed by atoms with van der Waals surface area (Å²) < 4.78 is 0. The molecule has 0 unspecified atom stereocenters. The summed E-state index contributed by atoms with van der Waals surface area (Å²) in [5.74, 6) is 0.889. The molecule has 0 aliphatic rings. The van der Waals surface area contributed by atoms with Crippen LogP contribution >= 0.6 is 0 Å². The van der Waals surface area contributed by atoms with Crippen molar-refractivity contribution < 1.29 is 0 Å². The lowest BCUT2D eigenvalue weighted by Gasteiger charge is -2.06. The zero-order chi connectivity index (χ0) is 11.2. The number of nitrogens with one attached hydrogen (secondary N) is 1. The van der Waals surface area contributed by atoms with Crippen LogP contribution in [-0.2, 0) is 13.1 Å². The number of rotatable bonds is 4. The highest BCUT2D eigenvalue weighted by molar-refractivity contribution is 5.35. The van der Waals surface area contributed by atoms with Crippen LogP contribution in [0.25, 0.3) is 0 Å². The predicted molar refractivity (Wildman–Crippen MR) is 65.9 cm³/mol. The molecule has 3 nitrogen and oxygen atoms in total. The van der Waals surface area contributed by atoms with Crippen molar-refractivity contribution in [1.29, 1.82) is 0 Å². The monoisotopic (exact) mass is 213 g/mol. The van der Waals surface area contributed by atoms with E-state index in [1.165, 1.54) is 5.56 Å². The third-order valence-corrected chi connectivity index (χ3v) is 2.37. The molecule has 1 aromatic carbocycles. The van der Waals surface area contributed by atoms with E-state index in [0.29, 0.717) is 6.54 Å². The molecule has 0 bridgehead atoms. The van der Waals surface area contributed by atoms with Gasteiger partial charge in [0.2, 0.25) is 0 Å². The van der Waals surface area contributed by atoms with Crippen molar-refractivity contribution in [2.45, 2.75) is 13.1 Å². The average Bonchev–Trinajstić information content (AvgIpc) is 2.38. The molecule has 0 radical (unpaired) electrons. The molecule has 82 valence electrons. The van der Waals surface area contributed by atoms with Gasteiger partial charge in [0.25, 0.3) is 0 Å². The Bertz CT molecular complexity index is 440. The first-order valence-corrected chi connectivity index (χ1v) is 5.31. The topological polar surface area (TPSA) is 50.9 Å². The van der Waals surface area contributed by atoms with Crippen molar-refractivity contribution in [1.82, 2.24) is 4.98 Å². The van der Waals surface area contributed by atoms with E-state index in [1.807, 2.05) is 30.3 Å². The first-order valence-electron chi connectivity index (χ1n) is 5.31. The molecule has 0 amide bonds. The minimum absolute atomic E-state index is 0.581. The van der Waals surface area contributed by atoms with Gasteiger partial charge in [-0.25, -0.2) is 4.98 Å². The fourth-order valence-electron chi connectivity index (χ4n) is 1.53. The molecule has 1 aromatic heterocycles. The van der Waals surface area contributed by atoms with E-state index >= 15 is 0 Å². The number of nitrogens with zero attached hydrogens (tertiary/aromatic N) is 1. The summed E-state index contributed by atoms with van der Waals surface area (Å²) in [5, 5.41) is 3.26. The molecule has 2 rings (SSSR count). The fourth-order valence-corrected chi connectivity index (χ4v) is 1.53. The summed E-state index contributed by atoms with van der Waals surface area (Å²) in [6.07, 6.45) is 1.78. The smallest absolute Gasteiger partial charge is 0.126 e. The van der Waals surface area contributed by atoms with Crippen LogP contribution in [0.3, 0.4) is 0 Å². The zero-order valence-corrected chi connectivity index (χ0v) is 9.06. The van der Waals surface area contributed by atoms with Crippen molar-refractivity contribution in [3.63, 3.8) is 0 Å². The van der Waals surface area contributed by atoms with Gasteiger partial charge in [0, 0.05) is 19.3 Å². The number of benzene rings is 1. The third kappa shape index (κ3) is 2.81. The second kappa shape index (κ2) is 5.28. The Morgan fingerprint density at radius 2 is 1.94 bits per heavy atom. The Morgan fingerprint density at radius 1 is 1.06 bits per heavy atom. The van der Waals surface area contributed by atoms with Crippen molar-refractivity contribution in [2.75, 3.05) is 5.32 Å². The van der Waals surface area contributed by atoms with Gasteiger partial charge in [0.1, 0.15) is 5.82 Å². The van der Waals surface area contributed by atoms with Gasteiger partial charge in [-0.05, 0) is 23.3 Å². The summed E-state index contributed by atoms with van der Waals surface area (Å²) >= 11 is 0. The molecular formula is C13H15N3. The Balaban J connectivity index is 1.99. The minimum atomic E-state index is 0.581. The summed E-state index contributed by atoms with van der Waals surface area (Å²) in [6, 6.07) is 14.1. The van der Waals surface area contributed by atoms with Crippen molar-refractivity contribution in [3.05, 3.63) is 59.8 Å². The molecule has 0 fully saturated rings. The standard InChI is InChI=1S/C13H15N3/c14-9-11-4-3-5-12(8-11)10-16-13-6-1-2-7-15-13/h1-8H,9-10,14H2,(H,15,16). The molecule has 3 heteroatoms. The Morgan fingerprint density at radius 3 is 2.69 bits per heavy atom. The molecule has 2 aromatic rings. The summed E-state index contributed by atoms with van der Waals surface area (Å²) in [4.78, 5) is 4.20. The number of nitrogens with two attached hydrogens (primary N) is 1. The van der Waals surface area contributed by atoms with E-state index in [0.717, 1.165) is 17.9 Å². The Hall–Kier alpha value is -1.87. The van der Waals surface area contributed by atoms with E-state index in [4.69, 9.17) is 5.73 Å². The Kier molecular flexibility index (Phi) is 3.51. The third-order valence-electron chi connectivity index (χ3n) is 2.37. The van der Waals surface area contributed by atoms with Crippen LogP contribution in [0, 0.1) is 0 Å². The van der Waals surface area contributed by atoms with Crippen LogP contribution in [0.15, 0.2) is 48.7 Å². The summed E-state index contributed by atoms with van der Waals surface area (Å²) in [5.41, 5.74) is 7.96. The second-order valence-electron chi connectivity index (χ2n) is 3.59. The van der Waals surface area contributed by atoms with Gasteiger partial charge < -0.3 is 11.1 Å². The zero-order valence-electron chi connectivity index (χ0n) is 9.06. The van der Waals surface area contributed by atoms with Gasteiger partial charge in [-0.2, -0.15) is 0 Å². The average molecular weight is 213 g/mol. The maximum Gasteiger partial charge on any atom is 0.126 e. The highest BCUT2D eigenvalue weighted by atomic mass is 15.0. The molecule has 0 atom stereocenters. The van der Waals surface area contributed by atoms with Crippen LogP contribution in [0.5, 0.6) is 0 Å². The lowest BCUT2D eigenvalue weighted by Crippen LogP contribution is -2.02.